The summed E-state index contributed by atoms with van der Waals surface area (Å²) >= 11 is 0. The highest BCUT2D eigenvalue weighted by Crippen LogP contribution is 2.37. The van der Waals surface area contributed by atoms with Crippen molar-refractivity contribution in [3.63, 3.8) is 0 Å². The average Bonchev–Trinajstić information content (AvgIpc) is 2.54. The predicted molar refractivity (Wildman–Crippen MR) is 96.7 cm³/mol. The number of hydrogen-bond acceptors (Lipinski definition) is 4. The van der Waals surface area contributed by atoms with Crippen molar-refractivity contribution in [3.8, 4) is 11.3 Å². The van der Waals surface area contributed by atoms with Gasteiger partial charge in [0, 0.05) is 22.6 Å². The number of benzene rings is 1. The monoisotopic (exact) mass is 332 g/mol. The Balaban J connectivity index is 2.18. The first kappa shape index (κ1) is 18.0. The second kappa shape index (κ2) is 7.98. The number of nitrogens with zero attached hydrogens (tertiary/aromatic N) is 1. The molecule has 0 saturated carbocycles. The van der Waals surface area contributed by atoms with E-state index in [0.29, 0.717) is 13.2 Å². The normalized spacial score (nSPS) is 11.9. The highest BCUT2D eigenvalue weighted by molar-refractivity contribution is 7.56. The molecule has 5 heteroatoms. The molecule has 4 nitrogen and oxygen atoms in total. The molecule has 0 aliphatic rings. The predicted octanol–water partition coefficient (Wildman–Crippen LogP) is 3.95. The second-order valence-electron chi connectivity index (χ2n) is 5.79. The van der Waals surface area contributed by atoms with Crippen molar-refractivity contribution in [1.29, 1.82) is 0 Å². The van der Waals surface area contributed by atoms with Crippen molar-refractivity contribution in [2.75, 3.05) is 13.2 Å². The van der Waals surface area contributed by atoms with Gasteiger partial charge in [0.1, 0.15) is 0 Å². The average molecular weight is 332 g/mol. The van der Waals surface area contributed by atoms with E-state index in [-0.39, 0.29) is 5.54 Å². The number of aromatic nitrogens is 1. The molecular formula is C18H25N2O2P. The highest BCUT2D eigenvalue weighted by atomic mass is 31.2. The largest absolute Gasteiger partial charge is 0.331 e. The van der Waals surface area contributed by atoms with Crippen LogP contribution in [0.4, 0.5) is 0 Å². The Kier molecular flexibility index (Phi) is 6.25. The van der Waals surface area contributed by atoms with Crippen LogP contribution in [0.3, 0.4) is 0 Å². The minimum Gasteiger partial charge on any atom is -0.331 e. The molecule has 23 heavy (non-hydrogen) atoms. The van der Waals surface area contributed by atoms with Gasteiger partial charge in [-0.2, -0.15) is 0 Å². The van der Waals surface area contributed by atoms with Gasteiger partial charge in [-0.05, 0) is 51.5 Å². The third-order valence-electron chi connectivity index (χ3n) is 3.37. The molecule has 0 atom stereocenters. The Bertz CT molecular complexity index is 600. The van der Waals surface area contributed by atoms with Gasteiger partial charge in [0.15, 0.2) is 0 Å². The van der Waals surface area contributed by atoms with Gasteiger partial charge in [0.2, 0.25) is 8.38 Å². The Morgan fingerprint density at radius 2 is 1.61 bits per heavy atom. The quantitative estimate of drug-likeness (QED) is 0.780. The lowest BCUT2D eigenvalue weighted by atomic mass is 9.97. The maximum atomic E-state index is 6.09. The van der Waals surface area contributed by atoms with Gasteiger partial charge in [0.05, 0.1) is 18.9 Å². The minimum atomic E-state index is -0.995. The molecular weight excluding hydrogens is 307 g/mol. The SMILES string of the molecule is CCOP(OCC)c1ccc(-c2ccc(C(C)(C)N)cn2)cc1. The Morgan fingerprint density at radius 1 is 1.00 bits per heavy atom. The number of pyridine rings is 1. The summed E-state index contributed by atoms with van der Waals surface area (Å²) in [5.41, 5.74) is 8.74. The smallest absolute Gasteiger partial charge is 0.205 e. The van der Waals surface area contributed by atoms with E-state index in [1.165, 1.54) is 0 Å². The Labute approximate surface area is 140 Å². The zero-order chi connectivity index (χ0) is 16.9. The van der Waals surface area contributed by atoms with Crippen molar-refractivity contribution in [1.82, 2.24) is 4.98 Å². The summed E-state index contributed by atoms with van der Waals surface area (Å²) < 4.78 is 11.4. The van der Waals surface area contributed by atoms with Gasteiger partial charge in [0.25, 0.3) is 0 Å². The van der Waals surface area contributed by atoms with Crippen LogP contribution in [-0.2, 0) is 14.6 Å². The molecule has 1 aromatic heterocycles. The molecule has 0 unspecified atom stereocenters. The fourth-order valence-electron chi connectivity index (χ4n) is 2.12. The van der Waals surface area contributed by atoms with Crippen LogP contribution in [0.2, 0.25) is 0 Å². The lowest BCUT2D eigenvalue weighted by molar-refractivity contribution is 0.277. The minimum absolute atomic E-state index is 0.375. The summed E-state index contributed by atoms with van der Waals surface area (Å²) in [4.78, 5) is 4.53. The fourth-order valence-corrected chi connectivity index (χ4v) is 3.35. The van der Waals surface area contributed by atoms with E-state index in [9.17, 15) is 0 Å². The van der Waals surface area contributed by atoms with Gasteiger partial charge in [-0.25, -0.2) is 0 Å². The maximum Gasteiger partial charge on any atom is 0.205 e. The fraction of sp³-hybridized carbons (Fsp3) is 0.389. The van der Waals surface area contributed by atoms with Gasteiger partial charge in [-0.15, -0.1) is 0 Å². The highest BCUT2D eigenvalue weighted by Gasteiger charge is 2.15. The first-order valence-electron chi connectivity index (χ1n) is 7.87. The van der Waals surface area contributed by atoms with Crippen LogP contribution in [0.1, 0.15) is 33.3 Å². The van der Waals surface area contributed by atoms with Crippen LogP contribution in [0.25, 0.3) is 11.3 Å². The van der Waals surface area contributed by atoms with E-state index < -0.39 is 8.38 Å². The molecule has 2 rings (SSSR count). The zero-order valence-electron chi connectivity index (χ0n) is 14.2. The standard InChI is InChI=1S/C18H25N2O2P/c1-5-21-23(22-6-2)16-10-7-14(8-11-16)17-12-9-15(13-20-17)18(3,4)19/h7-13H,5-6,19H2,1-4H3. The molecule has 2 N–H and O–H groups in total. The van der Waals surface area contributed by atoms with E-state index in [2.05, 4.69) is 29.2 Å². The first-order chi connectivity index (χ1) is 11.0. The summed E-state index contributed by atoms with van der Waals surface area (Å²) in [7, 11) is -0.995. The molecule has 124 valence electrons. The molecule has 0 fully saturated rings. The number of nitrogens with two attached hydrogens (primary N) is 1. The van der Waals surface area contributed by atoms with Gasteiger partial charge in [-0.3, -0.25) is 4.98 Å². The molecule has 0 radical (unpaired) electrons. The molecule has 0 amide bonds. The molecule has 2 aromatic rings. The van der Waals surface area contributed by atoms with Crippen molar-refractivity contribution in [3.05, 3.63) is 48.2 Å². The Morgan fingerprint density at radius 3 is 2.04 bits per heavy atom. The van der Waals surface area contributed by atoms with Crippen molar-refractivity contribution in [2.24, 2.45) is 5.73 Å². The topological polar surface area (TPSA) is 57.4 Å². The third-order valence-corrected chi connectivity index (χ3v) is 5.08. The van der Waals surface area contributed by atoms with Crippen LogP contribution < -0.4 is 11.0 Å². The van der Waals surface area contributed by atoms with E-state index in [4.69, 9.17) is 14.8 Å². The summed E-state index contributed by atoms with van der Waals surface area (Å²) in [5.74, 6) is 0. The van der Waals surface area contributed by atoms with Crippen molar-refractivity contribution in [2.45, 2.75) is 33.2 Å². The van der Waals surface area contributed by atoms with E-state index in [0.717, 1.165) is 22.1 Å². The number of hydrogen-bond donors (Lipinski definition) is 1. The van der Waals surface area contributed by atoms with E-state index >= 15 is 0 Å². The van der Waals surface area contributed by atoms with Gasteiger partial charge in [-0.1, -0.05) is 18.2 Å². The summed E-state index contributed by atoms with van der Waals surface area (Å²) in [6.45, 7) is 9.20. The first-order valence-corrected chi connectivity index (χ1v) is 9.05. The molecule has 0 bridgehead atoms. The summed E-state index contributed by atoms with van der Waals surface area (Å²) in [6.07, 6.45) is 1.84. The van der Waals surface area contributed by atoms with Gasteiger partial charge >= 0.3 is 0 Å². The molecule has 0 aliphatic heterocycles. The zero-order valence-corrected chi connectivity index (χ0v) is 15.1. The molecule has 1 aromatic carbocycles. The second-order valence-corrected chi connectivity index (χ2v) is 7.34. The molecule has 1 heterocycles. The maximum absolute atomic E-state index is 6.09. The van der Waals surface area contributed by atoms with Crippen LogP contribution in [0.5, 0.6) is 0 Å². The lowest BCUT2D eigenvalue weighted by Gasteiger charge is -2.19. The molecule has 0 spiro atoms. The van der Waals surface area contributed by atoms with Crippen LogP contribution >= 0.6 is 8.38 Å². The van der Waals surface area contributed by atoms with Crippen molar-refractivity contribution < 1.29 is 9.05 Å². The van der Waals surface area contributed by atoms with Gasteiger partial charge < -0.3 is 14.8 Å². The number of rotatable bonds is 7. The van der Waals surface area contributed by atoms with Crippen LogP contribution in [0, 0.1) is 0 Å². The summed E-state index contributed by atoms with van der Waals surface area (Å²) in [6, 6.07) is 12.2. The van der Waals surface area contributed by atoms with Crippen molar-refractivity contribution >= 4 is 13.7 Å². The third kappa shape index (κ3) is 4.82. The molecule has 0 aliphatic carbocycles. The molecule has 0 saturated heterocycles. The van der Waals surface area contributed by atoms with E-state index in [1.807, 2.05) is 46.0 Å². The van der Waals surface area contributed by atoms with Crippen LogP contribution in [-0.4, -0.2) is 18.2 Å². The Hall–Kier alpha value is -1.32. The summed E-state index contributed by atoms with van der Waals surface area (Å²) in [5, 5.41) is 1.08. The van der Waals surface area contributed by atoms with E-state index in [1.54, 1.807) is 0 Å². The van der Waals surface area contributed by atoms with Crippen LogP contribution in [0.15, 0.2) is 42.6 Å². The lowest BCUT2D eigenvalue weighted by Crippen LogP contribution is -2.28.